The van der Waals surface area contributed by atoms with Crippen molar-refractivity contribution in [3.8, 4) is 0 Å². The van der Waals surface area contributed by atoms with E-state index in [0.717, 1.165) is 13.0 Å². The second-order valence-electron chi connectivity index (χ2n) is 6.34. The highest BCUT2D eigenvalue weighted by atomic mass is 16.4. The highest BCUT2D eigenvalue weighted by molar-refractivity contribution is 5.86. The molecule has 2 N–H and O–H groups in total. The Morgan fingerprint density at radius 3 is 1.96 bits per heavy atom. The van der Waals surface area contributed by atoms with Crippen molar-refractivity contribution in [3.05, 3.63) is 23.3 Å². The molecule has 1 aliphatic carbocycles. The molecule has 0 heterocycles. The Balaban J connectivity index is 0.000000423. The van der Waals surface area contributed by atoms with Crippen molar-refractivity contribution in [2.75, 3.05) is 20.6 Å². The van der Waals surface area contributed by atoms with Crippen LogP contribution >= 0.6 is 0 Å². The summed E-state index contributed by atoms with van der Waals surface area (Å²) in [4.78, 5) is 22.8. The molecule has 0 aromatic heterocycles. The van der Waals surface area contributed by atoms with Crippen LogP contribution in [0.25, 0.3) is 0 Å². The normalized spacial score (nSPS) is 16.7. The molecule has 0 radical (unpaired) electrons. The lowest BCUT2D eigenvalue weighted by Gasteiger charge is -2.18. The highest BCUT2D eigenvalue weighted by Crippen LogP contribution is 2.25. The van der Waals surface area contributed by atoms with Crippen LogP contribution in [0.2, 0.25) is 0 Å². The predicted octanol–water partition coefficient (Wildman–Crippen LogP) is 3.57. The maximum Gasteiger partial charge on any atom is 0.330 e. The van der Waals surface area contributed by atoms with Crippen molar-refractivity contribution < 1.29 is 19.8 Å². The fourth-order valence-electron chi connectivity index (χ4n) is 2.35. The van der Waals surface area contributed by atoms with Gasteiger partial charge in [0.1, 0.15) is 0 Å². The number of hydrogen-bond acceptors (Lipinski definition) is 3. The van der Waals surface area contributed by atoms with Crippen LogP contribution in [-0.4, -0.2) is 47.7 Å². The van der Waals surface area contributed by atoms with Crippen molar-refractivity contribution >= 4 is 11.9 Å². The molecule has 0 saturated heterocycles. The van der Waals surface area contributed by atoms with Gasteiger partial charge in [0.2, 0.25) is 0 Å². The van der Waals surface area contributed by atoms with Crippen molar-refractivity contribution in [1.29, 1.82) is 0 Å². The number of carboxylic acid groups (broad SMARTS) is 2. The smallest absolute Gasteiger partial charge is 0.330 e. The predicted molar refractivity (Wildman–Crippen MR) is 92.5 cm³/mol. The first-order valence-corrected chi connectivity index (χ1v) is 8.20. The van der Waals surface area contributed by atoms with E-state index in [4.69, 9.17) is 10.2 Å². The molecule has 5 nitrogen and oxygen atoms in total. The Labute approximate surface area is 139 Å². The van der Waals surface area contributed by atoms with Crippen LogP contribution in [0.4, 0.5) is 0 Å². The molecule has 132 valence electrons. The Morgan fingerprint density at radius 2 is 1.52 bits per heavy atom. The quantitative estimate of drug-likeness (QED) is 0.730. The van der Waals surface area contributed by atoms with Gasteiger partial charge < -0.3 is 15.1 Å². The fraction of sp³-hybridized carbons (Fsp3) is 0.667. The molecule has 5 heteroatoms. The van der Waals surface area contributed by atoms with E-state index in [2.05, 4.69) is 0 Å². The van der Waals surface area contributed by atoms with Crippen molar-refractivity contribution in [2.24, 2.45) is 5.92 Å². The molecule has 1 aliphatic rings. The summed E-state index contributed by atoms with van der Waals surface area (Å²) in [6, 6.07) is 0. The van der Waals surface area contributed by atoms with Crippen LogP contribution in [0.15, 0.2) is 23.3 Å². The maximum absolute atomic E-state index is 10.5. The van der Waals surface area contributed by atoms with Crippen LogP contribution < -0.4 is 0 Å². The number of carboxylic acids is 2. The lowest BCUT2D eigenvalue weighted by Crippen LogP contribution is -2.12. The Morgan fingerprint density at radius 1 is 1.00 bits per heavy atom. The van der Waals surface area contributed by atoms with Gasteiger partial charge in [0.25, 0.3) is 0 Å². The van der Waals surface area contributed by atoms with Gasteiger partial charge in [-0.2, -0.15) is 0 Å². The molecule has 0 atom stereocenters. The second kappa shape index (κ2) is 11.9. The summed E-state index contributed by atoms with van der Waals surface area (Å²) in [7, 11) is 3.92. The van der Waals surface area contributed by atoms with Gasteiger partial charge in [0, 0.05) is 17.7 Å². The van der Waals surface area contributed by atoms with Crippen molar-refractivity contribution in [2.45, 2.75) is 52.4 Å². The molecular formula is C18H31NO4. The molecule has 0 aromatic carbocycles. The summed E-state index contributed by atoms with van der Waals surface area (Å²) in [5.41, 5.74) is 0.925. The first-order chi connectivity index (χ1) is 10.7. The molecule has 0 spiro atoms. The van der Waals surface area contributed by atoms with Gasteiger partial charge in [-0.05, 0) is 53.1 Å². The van der Waals surface area contributed by atoms with E-state index in [0.29, 0.717) is 17.1 Å². The van der Waals surface area contributed by atoms with Crippen LogP contribution in [0.3, 0.4) is 0 Å². The molecule has 0 aromatic rings. The summed E-state index contributed by atoms with van der Waals surface area (Å²) in [5.74, 6) is -1.08. The van der Waals surface area contributed by atoms with Crippen LogP contribution in [0.5, 0.6) is 0 Å². The highest BCUT2D eigenvalue weighted by Gasteiger charge is 2.12. The van der Waals surface area contributed by atoms with E-state index in [1.807, 2.05) is 25.1 Å². The zero-order valence-corrected chi connectivity index (χ0v) is 14.8. The minimum Gasteiger partial charge on any atom is -0.478 e. The minimum atomic E-state index is -0.830. The summed E-state index contributed by atoms with van der Waals surface area (Å²) in [6.07, 6.45) is 10.6. The fourth-order valence-corrected chi connectivity index (χ4v) is 2.35. The lowest BCUT2D eigenvalue weighted by atomic mass is 9.88. The van der Waals surface area contributed by atoms with Gasteiger partial charge in [0.05, 0.1) is 0 Å². The van der Waals surface area contributed by atoms with Crippen molar-refractivity contribution in [3.63, 3.8) is 0 Å². The first kappa shape index (κ1) is 21.4. The maximum atomic E-state index is 10.5. The Bertz CT molecular complexity index is 432. The van der Waals surface area contributed by atoms with Crippen molar-refractivity contribution in [1.82, 2.24) is 4.90 Å². The second-order valence-corrected chi connectivity index (χ2v) is 6.34. The van der Waals surface area contributed by atoms with E-state index in [1.54, 1.807) is 19.9 Å². The summed E-state index contributed by atoms with van der Waals surface area (Å²) in [5, 5.41) is 17.1. The summed E-state index contributed by atoms with van der Waals surface area (Å²) < 4.78 is 0. The molecule has 1 rings (SSSR count). The van der Waals surface area contributed by atoms with E-state index in [9.17, 15) is 9.59 Å². The average Bonchev–Trinajstić information content (AvgIpc) is 2.48. The van der Waals surface area contributed by atoms with Gasteiger partial charge >= 0.3 is 11.9 Å². The van der Waals surface area contributed by atoms with E-state index < -0.39 is 11.9 Å². The third-order valence-corrected chi connectivity index (χ3v) is 3.84. The standard InChI is InChI=1S/C10H16O2.C8H15NO2/c1-8(10(11)12)7-9-5-3-2-4-6-9;1-7(8(10)11)5-4-6-9(2)3/h7,9H,2-6H2,1H3,(H,11,12);5H,4,6H2,1-3H3,(H,10,11). The Kier molecular flexibility index (Phi) is 11.0. The first-order valence-electron chi connectivity index (χ1n) is 8.20. The van der Waals surface area contributed by atoms with Crippen LogP contribution in [-0.2, 0) is 9.59 Å². The SMILES string of the molecule is CC(=CC1CCCCC1)C(=O)O.CC(=CCCN(C)C)C(=O)O. The number of allylic oxidation sites excluding steroid dienone is 1. The summed E-state index contributed by atoms with van der Waals surface area (Å²) in [6.45, 7) is 4.18. The molecule has 23 heavy (non-hydrogen) atoms. The van der Waals surface area contributed by atoms with Gasteiger partial charge in [-0.3, -0.25) is 0 Å². The lowest BCUT2D eigenvalue weighted by molar-refractivity contribution is -0.133. The molecule has 0 unspecified atom stereocenters. The van der Waals surface area contributed by atoms with E-state index in [-0.39, 0.29) is 0 Å². The van der Waals surface area contributed by atoms with Crippen LogP contribution in [0.1, 0.15) is 52.4 Å². The molecule has 0 amide bonds. The molecule has 0 bridgehead atoms. The van der Waals surface area contributed by atoms with E-state index >= 15 is 0 Å². The largest absolute Gasteiger partial charge is 0.478 e. The summed E-state index contributed by atoms with van der Waals surface area (Å²) >= 11 is 0. The number of carbonyl (C=O) groups is 2. The zero-order valence-electron chi connectivity index (χ0n) is 14.8. The van der Waals surface area contributed by atoms with Gasteiger partial charge in [-0.15, -0.1) is 0 Å². The monoisotopic (exact) mass is 325 g/mol. The molecule has 0 aliphatic heterocycles. The Hall–Kier alpha value is -1.62. The topological polar surface area (TPSA) is 77.8 Å². The number of nitrogens with zero attached hydrogens (tertiary/aromatic N) is 1. The third-order valence-electron chi connectivity index (χ3n) is 3.84. The van der Waals surface area contributed by atoms with Crippen LogP contribution in [0, 0.1) is 5.92 Å². The minimum absolute atomic E-state index is 0.423. The van der Waals surface area contributed by atoms with Gasteiger partial charge in [0.15, 0.2) is 0 Å². The molecular weight excluding hydrogens is 294 g/mol. The average molecular weight is 325 g/mol. The molecule has 1 saturated carbocycles. The third kappa shape index (κ3) is 11.6. The number of rotatable bonds is 6. The number of aliphatic carboxylic acids is 2. The molecule has 1 fully saturated rings. The van der Waals surface area contributed by atoms with Gasteiger partial charge in [-0.25, -0.2) is 9.59 Å². The van der Waals surface area contributed by atoms with Gasteiger partial charge in [-0.1, -0.05) is 31.4 Å². The number of hydrogen-bond donors (Lipinski definition) is 2. The zero-order chi connectivity index (χ0) is 17.8. The van der Waals surface area contributed by atoms with E-state index in [1.165, 1.54) is 32.1 Å².